The van der Waals surface area contributed by atoms with Gasteiger partial charge in [-0.2, -0.15) is 0 Å². The number of rotatable bonds is 6. The number of ether oxygens (including phenoxy) is 1. The van der Waals surface area contributed by atoms with Gasteiger partial charge in [0.1, 0.15) is 5.69 Å². The molecule has 3 aromatic rings. The van der Waals surface area contributed by atoms with Gasteiger partial charge in [-0.15, -0.1) is 0 Å². The maximum atomic E-state index is 13.2. The molecule has 1 aliphatic heterocycles. The molecule has 1 aromatic heterocycles. The van der Waals surface area contributed by atoms with E-state index in [1.807, 2.05) is 60.7 Å². The third-order valence-corrected chi connectivity index (χ3v) is 4.85. The predicted molar refractivity (Wildman–Crippen MR) is 107 cm³/mol. The Hall–Kier alpha value is -2.96. The Morgan fingerprint density at radius 1 is 1.00 bits per heavy atom. The summed E-state index contributed by atoms with van der Waals surface area (Å²) in [7, 11) is 0. The average Bonchev–Trinajstić information content (AvgIpc) is 3.26. The zero-order chi connectivity index (χ0) is 19.2. The van der Waals surface area contributed by atoms with Crippen molar-refractivity contribution in [2.75, 3.05) is 44.3 Å². The summed E-state index contributed by atoms with van der Waals surface area (Å²) in [6, 6.07) is 21.1. The van der Waals surface area contributed by atoms with E-state index in [0.29, 0.717) is 12.2 Å². The summed E-state index contributed by atoms with van der Waals surface area (Å²) in [6.07, 6.45) is 0. The molecule has 0 unspecified atom stereocenters. The molecule has 0 radical (unpaired) electrons. The lowest BCUT2D eigenvalue weighted by atomic mass is 10.1. The average molecular weight is 377 g/mol. The van der Waals surface area contributed by atoms with Crippen LogP contribution in [0.15, 0.2) is 71.3 Å². The van der Waals surface area contributed by atoms with E-state index in [1.165, 1.54) is 0 Å². The van der Waals surface area contributed by atoms with E-state index in [4.69, 9.17) is 9.26 Å². The molecule has 1 fully saturated rings. The lowest BCUT2D eigenvalue weighted by Gasteiger charge is -2.29. The first-order chi connectivity index (χ1) is 13.8. The number of carbonyl (C=O) groups excluding carboxylic acids is 1. The summed E-state index contributed by atoms with van der Waals surface area (Å²) in [5.74, 6) is 0.0545. The van der Waals surface area contributed by atoms with Gasteiger partial charge >= 0.3 is 0 Å². The molecule has 2 aromatic carbocycles. The summed E-state index contributed by atoms with van der Waals surface area (Å²) >= 11 is 0. The molecule has 0 spiro atoms. The van der Waals surface area contributed by atoms with Crippen molar-refractivity contribution in [3.8, 4) is 11.3 Å². The van der Waals surface area contributed by atoms with Crippen LogP contribution in [0, 0.1) is 0 Å². The van der Waals surface area contributed by atoms with Gasteiger partial charge in [0.05, 0.1) is 13.2 Å². The van der Waals surface area contributed by atoms with E-state index >= 15 is 0 Å². The van der Waals surface area contributed by atoms with Crippen LogP contribution in [0.2, 0.25) is 0 Å². The Labute approximate surface area is 164 Å². The Bertz CT molecular complexity index is 890. The second-order valence-corrected chi connectivity index (χ2v) is 6.69. The van der Waals surface area contributed by atoms with Crippen molar-refractivity contribution >= 4 is 11.6 Å². The van der Waals surface area contributed by atoms with Crippen LogP contribution in [0.4, 0.5) is 5.69 Å². The van der Waals surface area contributed by atoms with Crippen molar-refractivity contribution in [1.82, 2.24) is 10.1 Å². The minimum absolute atomic E-state index is 0.186. The predicted octanol–water partition coefficient (Wildman–Crippen LogP) is 3.32. The molecule has 0 N–H and O–H groups in total. The van der Waals surface area contributed by atoms with Crippen molar-refractivity contribution < 1.29 is 14.1 Å². The lowest BCUT2D eigenvalue weighted by Crippen LogP contribution is -2.43. The summed E-state index contributed by atoms with van der Waals surface area (Å²) in [4.78, 5) is 17.3. The van der Waals surface area contributed by atoms with E-state index in [-0.39, 0.29) is 11.7 Å². The van der Waals surface area contributed by atoms with E-state index in [9.17, 15) is 4.79 Å². The lowest BCUT2D eigenvalue weighted by molar-refractivity contribution is 0.0390. The maximum Gasteiger partial charge on any atom is 0.296 e. The monoisotopic (exact) mass is 377 g/mol. The van der Waals surface area contributed by atoms with Crippen LogP contribution < -0.4 is 4.90 Å². The second kappa shape index (κ2) is 8.82. The largest absolute Gasteiger partial charge is 0.379 e. The van der Waals surface area contributed by atoms with Crippen LogP contribution in [0.25, 0.3) is 11.3 Å². The third-order valence-electron chi connectivity index (χ3n) is 4.85. The standard InChI is InChI=1S/C22H23N3O3/c26-22(21-17-20(23-28-21)18-7-3-1-4-8-18)25(19-9-5-2-6-10-19)12-11-24-13-15-27-16-14-24/h1-10,17H,11-16H2. The van der Waals surface area contributed by atoms with Crippen LogP contribution >= 0.6 is 0 Å². The minimum atomic E-state index is -0.186. The van der Waals surface area contributed by atoms with Crippen molar-refractivity contribution in [2.45, 2.75) is 0 Å². The van der Waals surface area contributed by atoms with Gasteiger partial charge in [0.15, 0.2) is 0 Å². The van der Waals surface area contributed by atoms with Crippen LogP contribution in [0.3, 0.4) is 0 Å². The van der Waals surface area contributed by atoms with Gasteiger partial charge in [0.25, 0.3) is 5.91 Å². The van der Waals surface area contributed by atoms with Gasteiger partial charge in [0.2, 0.25) is 5.76 Å². The van der Waals surface area contributed by atoms with E-state index < -0.39 is 0 Å². The highest BCUT2D eigenvalue weighted by atomic mass is 16.5. The number of aromatic nitrogens is 1. The summed E-state index contributed by atoms with van der Waals surface area (Å²) < 4.78 is 10.8. The molecule has 0 aliphatic carbocycles. The Kier molecular flexibility index (Phi) is 5.80. The molecular weight excluding hydrogens is 354 g/mol. The zero-order valence-corrected chi connectivity index (χ0v) is 15.7. The highest BCUT2D eigenvalue weighted by Crippen LogP contribution is 2.22. The fourth-order valence-corrected chi connectivity index (χ4v) is 3.28. The number of anilines is 1. The van der Waals surface area contributed by atoms with Crippen molar-refractivity contribution in [2.24, 2.45) is 0 Å². The number of nitrogens with zero attached hydrogens (tertiary/aromatic N) is 3. The molecule has 6 heteroatoms. The summed E-state index contributed by atoms with van der Waals surface area (Å²) in [5, 5.41) is 4.08. The first-order valence-corrected chi connectivity index (χ1v) is 9.50. The van der Waals surface area contributed by atoms with Crippen LogP contribution in [0.1, 0.15) is 10.6 Å². The number of carbonyl (C=O) groups is 1. The zero-order valence-electron chi connectivity index (χ0n) is 15.7. The van der Waals surface area contributed by atoms with Gasteiger partial charge in [-0.25, -0.2) is 0 Å². The first-order valence-electron chi connectivity index (χ1n) is 9.50. The van der Waals surface area contributed by atoms with Gasteiger partial charge in [-0.05, 0) is 12.1 Å². The molecule has 0 bridgehead atoms. The van der Waals surface area contributed by atoms with E-state index in [1.54, 1.807) is 11.0 Å². The second-order valence-electron chi connectivity index (χ2n) is 6.69. The third kappa shape index (κ3) is 4.30. The van der Waals surface area contributed by atoms with Gasteiger partial charge < -0.3 is 14.2 Å². The number of benzene rings is 2. The topological polar surface area (TPSA) is 58.8 Å². The van der Waals surface area contributed by atoms with E-state index in [0.717, 1.165) is 44.1 Å². The van der Waals surface area contributed by atoms with Gasteiger partial charge in [-0.1, -0.05) is 53.7 Å². The van der Waals surface area contributed by atoms with Crippen molar-refractivity contribution in [3.05, 3.63) is 72.5 Å². The normalized spacial score (nSPS) is 14.7. The Balaban J connectivity index is 1.53. The molecule has 6 nitrogen and oxygen atoms in total. The fourth-order valence-electron chi connectivity index (χ4n) is 3.28. The highest BCUT2D eigenvalue weighted by molar-refractivity contribution is 6.04. The molecule has 1 aliphatic rings. The quantitative estimate of drug-likeness (QED) is 0.660. The minimum Gasteiger partial charge on any atom is -0.379 e. The van der Waals surface area contributed by atoms with Gasteiger partial charge in [-0.3, -0.25) is 9.69 Å². The molecule has 28 heavy (non-hydrogen) atoms. The molecule has 0 atom stereocenters. The van der Waals surface area contributed by atoms with Crippen LogP contribution in [0.5, 0.6) is 0 Å². The molecule has 1 amide bonds. The number of para-hydroxylation sites is 1. The summed E-state index contributed by atoms with van der Waals surface area (Å²) in [5.41, 5.74) is 2.42. The number of hydrogen-bond donors (Lipinski definition) is 0. The number of amides is 1. The smallest absolute Gasteiger partial charge is 0.296 e. The molecule has 4 rings (SSSR count). The van der Waals surface area contributed by atoms with Crippen LogP contribution in [-0.2, 0) is 4.74 Å². The summed E-state index contributed by atoms with van der Waals surface area (Å²) in [6.45, 7) is 4.60. The van der Waals surface area contributed by atoms with Crippen molar-refractivity contribution in [1.29, 1.82) is 0 Å². The molecular formula is C22H23N3O3. The molecule has 2 heterocycles. The van der Waals surface area contributed by atoms with Crippen LogP contribution in [-0.4, -0.2) is 55.4 Å². The number of morpholine rings is 1. The molecule has 1 saturated heterocycles. The fraction of sp³-hybridized carbons (Fsp3) is 0.273. The Morgan fingerprint density at radius 2 is 1.68 bits per heavy atom. The van der Waals surface area contributed by atoms with Gasteiger partial charge in [0, 0.05) is 43.5 Å². The maximum absolute atomic E-state index is 13.2. The number of hydrogen-bond acceptors (Lipinski definition) is 5. The molecule has 0 saturated carbocycles. The first kappa shape index (κ1) is 18.4. The van der Waals surface area contributed by atoms with E-state index in [2.05, 4.69) is 10.1 Å². The van der Waals surface area contributed by atoms with Crippen molar-refractivity contribution in [3.63, 3.8) is 0 Å². The Morgan fingerprint density at radius 3 is 2.39 bits per heavy atom. The molecule has 144 valence electrons. The highest BCUT2D eigenvalue weighted by Gasteiger charge is 2.23. The SMILES string of the molecule is O=C(c1cc(-c2ccccc2)no1)N(CCN1CCOCC1)c1ccccc1.